The zero-order valence-electron chi connectivity index (χ0n) is 15.2. The topological polar surface area (TPSA) is 78.4 Å². The largest absolute Gasteiger partial charge is 0.497 e. The second-order valence-electron chi connectivity index (χ2n) is 5.26. The maximum atomic E-state index is 11.9. The average Bonchev–Trinajstić information content (AvgIpc) is 2.70. The van der Waals surface area contributed by atoms with E-state index in [1.807, 2.05) is 6.07 Å². The van der Waals surface area contributed by atoms with Gasteiger partial charge in [-0.2, -0.15) is 5.10 Å². The Morgan fingerprint density at radius 1 is 0.923 bits per heavy atom. The molecule has 0 saturated heterocycles. The van der Waals surface area contributed by atoms with Crippen LogP contribution in [-0.2, 0) is 4.79 Å². The molecular weight excluding hydrogens is 336 g/mol. The lowest BCUT2D eigenvalue weighted by Gasteiger charge is -2.10. The van der Waals surface area contributed by atoms with E-state index in [4.69, 9.17) is 18.9 Å². The molecule has 0 unspecified atom stereocenters. The molecule has 2 aromatic rings. The van der Waals surface area contributed by atoms with Gasteiger partial charge < -0.3 is 18.9 Å². The van der Waals surface area contributed by atoms with Crippen LogP contribution in [0.5, 0.6) is 23.0 Å². The number of carbonyl (C=O) groups excluding carboxylic acids is 1. The van der Waals surface area contributed by atoms with Crippen LogP contribution in [0.1, 0.15) is 12.5 Å². The minimum atomic E-state index is -0.368. The number of nitrogens with one attached hydrogen (secondary N) is 1. The van der Waals surface area contributed by atoms with Gasteiger partial charge in [0.1, 0.15) is 23.0 Å². The molecule has 0 aliphatic rings. The van der Waals surface area contributed by atoms with Gasteiger partial charge >= 0.3 is 0 Å². The van der Waals surface area contributed by atoms with Crippen molar-refractivity contribution in [3.63, 3.8) is 0 Å². The Labute approximate surface area is 152 Å². The summed E-state index contributed by atoms with van der Waals surface area (Å²) in [5.74, 6) is 2.20. The smallest absolute Gasteiger partial charge is 0.277 e. The third kappa shape index (κ3) is 5.14. The van der Waals surface area contributed by atoms with Crippen LogP contribution in [0.2, 0.25) is 0 Å². The van der Waals surface area contributed by atoms with Gasteiger partial charge in [-0.1, -0.05) is 0 Å². The van der Waals surface area contributed by atoms with Crippen LogP contribution in [-0.4, -0.2) is 39.6 Å². The highest BCUT2D eigenvalue weighted by Gasteiger charge is 2.09. The Morgan fingerprint density at radius 2 is 1.54 bits per heavy atom. The third-order valence-corrected chi connectivity index (χ3v) is 3.58. The van der Waals surface area contributed by atoms with E-state index < -0.39 is 0 Å². The van der Waals surface area contributed by atoms with Gasteiger partial charge in [-0.05, 0) is 43.3 Å². The standard InChI is InChI=1S/C19H22N2O5/c1-13(17-10-9-16(24-3)11-18(17)25-4)20-21-19(22)12-26-15-7-5-14(23-2)6-8-15/h5-11H,12H2,1-4H3,(H,21,22). The fraction of sp³-hybridized carbons (Fsp3) is 0.263. The van der Waals surface area contributed by atoms with Crippen molar-refractivity contribution in [1.29, 1.82) is 0 Å². The Bertz CT molecular complexity index is 772. The quantitative estimate of drug-likeness (QED) is 0.580. The summed E-state index contributed by atoms with van der Waals surface area (Å²) in [7, 11) is 4.73. The Balaban J connectivity index is 1.94. The van der Waals surface area contributed by atoms with Crippen molar-refractivity contribution in [3.05, 3.63) is 48.0 Å². The Kier molecular flexibility index (Phi) is 6.84. The van der Waals surface area contributed by atoms with Gasteiger partial charge in [0, 0.05) is 11.6 Å². The normalized spacial score (nSPS) is 10.8. The molecule has 7 heteroatoms. The van der Waals surface area contributed by atoms with E-state index in [1.54, 1.807) is 64.7 Å². The van der Waals surface area contributed by atoms with Gasteiger partial charge in [0.05, 0.1) is 27.0 Å². The SMILES string of the molecule is COc1ccc(OCC(=O)NN=C(C)c2ccc(OC)cc2OC)cc1. The molecule has 0 radical (unpaired) electrons. The number of rotatable bonds is 8. The molecule has 1 N–H and O–H groups in total. The van der Waals surface area contributed by atoms with E-state index in [-0.39, 0.29) is 12.5 Å². The minimum absolute atomic E-state index is 0.150. The molecule has 7 nitrogen and oxygen atoms in total. The van der Waals surface area contributed by atoms with E-state index in [1.165, 1.54) is 0 Å². The number of hydrogen-bond donors (Lipinski definition) is 1. The highest BCUT2D eigenvalue weighted by Crippen LogP contribution is 2.25. The van der Waals surface area contributed by atoms with Gasteiger partial charge in [0.2, 0.25) is 0 Å². The van der Waals surface area contributed by atoms with Crippen molar-refractivity contribution in [2.45, 2.75) is 6.92 Å². The molecule has 0 bridgehead atoms. The lowest BCUT2D eigenvalue weighted by Crippen LogP contribution is -2.25. The van der Waals surface area contributed by atoms with Crippen LogP contribution in [0.4, 0.5) is 0 Å². The fourth-order valence-electron chi connectivity index (χ4n) is 2.16. The van der Waals surface area contributed by atoms with Gasteiger partial charge in [-0.3, -0.25) is 4.79 Å². The van der Waals surface area contributed by atoms with Crippen LogP contribution in [0, 0.1) is 0 Å². The highest BCUT2D eigenvalue weighted by molar-refractivity contribution is 6.01. The number of hydrazone groups is 1. The average molecular weight is 358 g/mol. The Hall–Kier alpha value is -3.22. The summed E-state index contributed by atoms with van der Waals surface area (Å²) in [6.07, 6.45) is 0. The van der Waals surface area contributed by atoms with Crippen molar-refractivity contribution >= 4 is 11.6 Å². The lowest BCUT2D eigenvalue weighted by atomic mass is 10.1. The first-order valence-electron chi connectivity index (χ1n) is 7.89. The summed E-state index contributed by atoms with van der Waals surface area (Å²) < 4.78 is 21.0. The minimum Gasteiger partial charge on any atom is -0.497 e. The molecule has 2 rings (SSSR count). The predicted molar refractivity (Wildman–Crippen MR) is 98.4 cm³/mol. The molecule has 0 spiro atoms. The maximum absolute atomic E-state index is 11.9. The molecule has 2 aromatic carbocycles. The summed E-state index contributed by atoms with van der Waals surface area (Å²) in [5.41, 5.74) is 3.82. The van der Waals surface area contributed by atoms with E-state index in [2.05, 4.69) is 10.5 Å². The van der Waals surface area contributed by atoms with Crippen molar-refractivity contribution in [2.75, 3.05) is 27.9 Å². The predicted octanol–water partition coefficient (Wildman–Crippen LogP) is 2.63. The number of amides is 1. The van der Waals surface area contributed by atoms with Crippen molar-refractivity contribution in [2.24, 2.45) is 5.10 Å². The van der Waals surface area contributed by atoms with Crippen molar-refractivity contribution in [3.8, 4) is 23.0 Å². The number of methoxy groups -OCH3 is 3. The lowest BCUT2D eigenvalue weighted by molar-refractivity contribution is -0.123. The van der Waals surface area contributed by atoms with Crippen LogP contribution < -0.4 is 24.4 Å². The molecule has 0 heterocycles. The van der Waals surface area contributed by atoms with E-state index in [0.717, 1.165) is 11.3 Å². The van der Waals surface area contributed by atoms with Gasteiger partial charge in [-0.25, -0.2) is 5.43 Å². The first-order valence-corrected chi connectivity index (χ1v) is 7.89. The highest BCUT2D eigenvalue weighted by atomic mass is 16.5. The third-order valence-electron chi connectivity index (χ3n) is 3.58. The zero-order valence-corrected chi connectivity index (χ0v) is 15.2. The Morgan fingerprint density at radius 3 is 2.15 bits per heavy atom. The molecule has 0 aliphatic carbocycles. The van der Waals surface area contributed by atoms with Gasteiger partial charge in [0.25, 0.3) is 5.91 Å². The van der Waals surface area contributed by atoms with Gasteiger partial charge in [-0.15, -0.1) is 0 Å². The van der Waals surface area contributed by atoms with Crippen molar-refractivity contribution < 1.29 is 23.7 Å². The summed E-state index contributed by atoms with van der Waals surface area (Å²) in [5, 5.41) is 4.09. The number of ether oxygens (including phenoxy) is 4. The van der Waals surface area contributed by atoms with Crippen LogP contribution in [0.3, 0.4) is 0 Å². The van der Waals surface area contributed by atoms with E-state index in [9.17, 15) is 4.79 Å². The second-order valence-corrected chi connectivity index (χ2v) is 5.26. The summed E-state index contributed by atoms with van der Waals surface area (Å²) in [6, 6.07) is 12.3. The van der Waals surface area contributed by atoms with Crippen LogP contribution in [0.25, 0.3) is 0 Å². The molecule has 1 amide bonds. The summed E-state index contributed by atoms with van der Waals surface area (Å²) in [6.45, 7) is 1.62. The summed E-state index contributed by atoms with van der Waals surface area (Å²) in [4.78, 5) is 11.9. The van der Waals surface area contributed by atoms with Gasteiger partial charge in [0.15, 0.2) is 6.61 Å². The number of hydrogen-bond acceptors (Lipinski definition) is 6. The number of carbonyl (C=O) groups is 1. The first kappa shape index (κ1) is 19.1. The molecule has 0 aromatic heterocycles. The molecule has 0 fully saturated rings. The van der Waals surface area contributed by atoms with Crippen molar-refractivity contribution in [1.82, 2.24) is 5.43 Å². The number of benzene rings is 2. The molecule has 0 saturated carbocycles. The van der Waals surface area contributed by atoms with E-state index >= 15 is 0 Å². The molecule has 0 atom stereocenters. The summed E-state index contributed by atoms with van der Waals surface area (Å²) >= 11 is 0. The number of nitrogens with zero attached hydrogens (tertiary/aromatic N) is 1. The zero-order chi connectivity index (χ0) is 18.9. The molecule has 26 heavy (non-hydrogen) atoms. The van der Waals surface area contributed by atoms with Crippen LogP contribution in [0.15, 0.2) is 47.6 Å². The molecule has 138 valence electrons. The fourth-order valence-corrected chi connectivity index (χ4v) is 2.16. The van der Waals surface area contributed by atoms with Crippen LogP contribution >= 0.6 is 0 Å². The molecule has 0 aliphatic heterocycles. The first-order chi connectivity index (χ1) is 12.6. The second kappa shape index (κ2) is 9.31. The molecular formula is C19H22N2O5. The monoisotopic (exact) mass is 358 g/mol. The maximum Gasteiger partial charge on any atom is 0.277 e. The van der Waals surface area contributed by atoms with E-state index in [0.29, 0.717) is 23.0 Å².